The number of amides is 1. The number of nitrogens with one attached hydrogen (secondary N) is 1. The number of carbonyl (C=O) groups excluding carboxylic acids is 1. The first-order valence-electron chi connectivity index (χ1n) is 7.61. The molecule has 3 rings (SSSR count). The minimum Gasteiger partial charge on any atom is -0.348 e. The molecule has 6 heteroatoms. The van der Waals surface area contributed by atoms with Crippen molar-refractivity contribution in [2.75, 3.05) is 0 Å². The summed E-state index contributed by atoms with van der Waals surface area (Å²) < 4.78 is 25.9. The normalized spacial score (nSPS) is 29.1. The molecule has 0 saturated heterocycles. The zero-order chi connectivity index (χ0) is 15.1. The minimum atomic E-state index is -2.71. The number of carbonyl (C=O) groups is 1. The number of hydrogen-bond donors (Lipinski definition) is 1. The van der Waals surface area contributed by atoms with Gasteiger partial charge in [-0.05, 0) is 56.9 Å². The molecule has 1 aromatic heterocycles. The number of aryl methyl sites for hydroxylation is 1. The Labute approximate surface area is 122 Å². The number of alkyl halides is 2. The molecular weight excluding hydrogens is 276 g/mol. The summed E-state index contributed by atoms with van der Waals surface area (Å²) in [5.41, 5.74) is 0.366. The molecule has 1 aromatic rings. The number of fused-ring (bicyclic) bond motifs is 2. The second-order valence-electron chi connectivity index (χ2n) is 6.49. The SMILES string of the molecule is Cc1cc(C(=O)N[C@@H](C)[C@H]2C[C@H]3CC[C@H]2C3)nn1C(F)F. The highest BCUT2D eigenvalue weighted by Crippen LogP contribution is 2.49. The van der Waals surface area contributed by atoms with Crippen molar-refractivity contribution in [1.29, 1.82) is 0 Å². The smallest absolute Gasteiger partial charge is 0.333 e. The summed E-state index contributed by atoms with van der Waals surface area (Å²) in [5, 5.41) is 6.63. The molecule has 1 N–H and O–H groups in total. The largest absolute Gasteiger partial charge is 0.348 e. The lowest BCUT2D eigenvalue weighted by molar-refractivity contribution is 0.0538. The number of halogens is 2. The third-order valence-electron chi connectivity index (χ3n) is 5.13. The van der Waals surface area contributed by atoms with Gasteiger partial charge in [-0.2, -0.15) is 13.9 Å². The van der Waals surface area contributed by atoms with E-state index in [1.54, 1.807) is 0 Å². The summed E-state index contributed by atoms with van der Waals surface area (Å²) in [5.74, 6) is 1.70. The van der Waals surface area contributed by atoms with Crippen LogP contribution in [0.1, 0.15) is 55.3 Å². The van der Waals surface area contributed by atoms with Crippen molar-refractivity contribution in [2.45, 2.75) is 52.1 Å². The van der Waals surface area contributed by atoms with Gasteiger partial charge in [-0.25, -0.2) is 4.68 Å². The molecule has 1 heterocycles. The van der Waals surface area contributed by atoms with Crippen LogP contribution in [0.25, 0.3) is 0 Å². The van der Waals surface area contributed by atoms with Crippen LogP contribution in [-0.4, -0.2) is 21.7 Å². The van der Waals surface area contributed by atoms with Crippen molar-refractivity contribution in [3.05, 3.63) is 17.5 Å². The van der Waals surface area contributed by atoms with Gasteiger partial charge in [0.2, 0.25) is 0 Å². The Bertz CT molecular complexity index is 543. The number of nitrogens with zero attached hydrogens (tertiary/aromatic N) is 2. The van der Waals surface area contributed by atoms with Crippen LogP contribution in [0.2, 0.25) is 0 Å². The molecule has 116 valence electrons. The third-order valence-corrected chi connectivity index (χ3v) is 5.13. The summed E-state index contributed by atoms with van der Waals surface area (Å²) in [6.45, 7) is 0.824. The van der Waals surface area contributed by atoms with Gasteiger partial charge in [0.05, 0.1) is 0 Å². The maximum Gasteiger partial charge on any atom is 0.333 e. The molecule has 0 aliphatic heterocycles. The second-order valence-corrected chi connectivity index (χ2v) is 6.49. The average molecular weight is 297 g/mol. The molecule has 0 radical (unpaired) electrons. The monoisotopic (exact) mass is 297 g/mol. The van der Waals surface area contributed by atoms with Gasteiger partial charge >= 0.3 is 6.55 Å². The molecule has 21 heavy (non-hydrogen) atoms. The topological polar surface area (TPSA) is 46.9 Å². The maximum absolute atomic E-state index is 12.7. The molecule has 4 atom stereocenters. The highest BCUT2D eigenvalue weighted by atomic mass is 19.3. The summed E-state index contributed by atoms with van der Waals surface area (Å²) in [7, 11) is 0. The van der Waals surface area contributed by atoms with E-state index in [2.05, 4.69) is 10.4 Å². The van der Waals surface area contributed by atoms with Gasteiger partial charge < -0.3 is 5.32 Å². The lowest BCUT2D eigenvalue weighted by Crippen LogP contribution is -2.40. The van der Waals surface area contributed by atoms with Crippen LogP contribution < -0.4 is 5.32 Å². The van der Waals surface area contributed by atoms with Gasteiger partial charge in [0.15, 0.2) is 5.69 Å². The molecule has 2 saturated carbocycles. The first kappa shape index (κ1) is 14.5. The molecule has 2 bridgehead atoms. The lowest BCUT2D eigenvalue weighted by atomic mass is 9.84. The zero-order valence-corrected chi connectivity index (χ0v) is 12.4. The van der Waals surface area contributed by atoms with Crippen molar-refractivity contribution >= 4 is 5.91 Å². The first-order valence-corrected chi connectivity index (χ1v) is 7.61. The highest BCUT2D eigenvalue weighted by Gasteiger charge is 2.42. The first-order chi connectivity index (χ1) is 9.95. The van der Waals surface area contributed by atoms with Crippen LogP contribution in [0.4, 0.5) is 8.78 Å². The van der Waals surface area contributed by atoms with E-state index in [1.165, 1.54) is 38.7 Å². The van der Waals surface area contributed by atoms with Gasteiger partial charge in [0.25, 0.3) is 5.91 Å². The fourth-order valence-corrected chi connectivity index (χ4v) is 4.09. The van der Waals surface area contributed by atoms with E-state index in [0.717, 1.165) is 5.92 Å². The predicted octanol–water partition coefficient (Wildman–Crippen LogP) is 3.14. The second kappa shape index (κ2) is 5.39. The number of hydrogen-bond acceptors (Lipinski definition) is 2. The minimum absolute atomic E-state index is 0.0720. The highest BCUT2D eigenvalue weighted by molar-refractivity contribution is 5.92. The van der Waals surface area contributed by atoms with Crippen LogP contribution in [0.3, 0.4) is 0 Å². The average Bonchev–Trinajstić information content (AvgIpc) is 3.12. The number of aromatic nitrogens is 2. The summed E-state index contributed by atoms with van der Waals surface area (Å²) >= 11 is 0. The van der Waals surface area contributed by atoms with E-state index in [4.69, 9.17) is 0 Å². The Morgan fingerprint density at radius 3 is 2.71 bits per heavy atom. The van der Waals surface area contributed by atoms with Gasteiger partial charge in [0.1, 0.15) is 0 Å². The Morgan fingerprint density at radius 2 is 2.19 bits per heavy atom. The van der Waals surface area contributed by atoms with Gasteiger partial charge in [-0.1, -0.05) is 6.42 Å². The zero-order valence-electron chi connectivity index (χ0n) is 12.4. The molecule has 0 aromatic carbocycles. The predicted molar refractivity (Wildman–Crippen MR) is 74.1 cm³/mol. The third kappa shape index (κ3) is 2.68. The van der Waals surface area contributed by atoms with Gasteiger partial charge in [-0.3, -0.25) is 4.79 Å². The molecule has 2 aliphatic rings. The van der Waals surface area contributed by atoms with E-state index in [-0.39, 0.29) is 17.6 Å². The number of rotatable bonds is 4. The molecular formula is C15H21F2N3O. The van der Waals surface area contributed by atoms with Crippen molar-refractivity contribution in [1.82, 2.24) is 15.1 Å². The van der Waals surface area contributed by atoms with E-state index >= 15 is 0 Å². The molecule has 0 unspecified atom stereocenters. The molecule has 2 fully saturated rings. The fraction of sp³-hybridized carbons (Fsp3) is 0.733. The van der Waals surface area contributed by atoms with Crippen molar-refractivity contribution in [3.8, 4) is 0 Å². The maximum atomic E-state index is 12.7. The molecule has 1 amide bonds. The molecule has 0 spiro atoms. The fourth-order valence-electron chi connectivity index (χ4n) is 4.09. The van der Waals surface area contributed by atoms with E-state index in [1.807, 2.05) is 6.92 Å². The standard InChI is InChI=1S/C15H21F2N3O/c1-8-5-13(19-20(8)15(16)17)14(21)18-9(2)12-7-10-3-4-11(12)6-10/h5,9-12,15H,3-4,6-7H2,1-2H3,(H,18,21)/t9-,10-,11-,12+/m0/s1. The van der Waals surface area contributed by atoms with Crippen molar-refractivity contribution < 1.29 is 13.6 Å². The molecule has 4 nitrogen and oxygen atoms in total. The molecule has 2 aliphatic carbocycles. The van der Waals surface area contributed by atoms with E-state index in [9.17, 15) is 13.6 Å². The van der Waals surface area contributed by atoms with Crippen LogP contribution in [0.15, 0.2) is 6.07 Å². The Kier molecular flexibility index (Phi) is 3.71. The summed E-state index contributed by atoms with van der Waals surface area (Å²) in [4.78, 5) is 12.2. The lowest BCUT2D eigenvalue weighted by Gasteiger charge is -2.28. The van der Waals surface area contributed by atoms with Crippen LogP contribution in [0.5, 0.6) is 0 Å². The van der Waals surface area contributed by atoms with Gasteiger partial charge in [0, 0.05) is 11.7 Å². The van der Waals surface area contributed by atoms with Crippen LogP contribution in [0, 0.1) is 24.7 Å². The van der Waals surface area contributed by atoms with Crippen LogP contribution in [-0.2, 0) is 0 Å². The van der Waals surface area contributed by atoms with Gasteiger partial charge in [-0.15, -0.1) is 0 Å². The summed E-state index contributed by atoms with van der Waals surface area (Å²) in [6, 6.07) is 1.49. The Hall–Kier alpha value is -1.46. The van der Waals surface area contributed by atoms with E-state index < -0.39 is 6.55 Å². The summed E-state index contributed by atoms with van der Waals surface area (Å²) in [6.07, 6.45) is 5.04. The quantitative estimate of drug-likeness (QED) is 0.928. The Balaban J connectivity index is 1.64. The Morgan fingerprint density at radius 1 is 1.43 bits per heavy atom. The van der Waals surface area contributed by atoms with Crippen molar-refractivity contribution in [2.24, 2.45) is 17.8 Å². The van der Waals surface area contributed by atoms with Crippen LogP contribution >= 0.6 is 0 Å². The van der Waals surface area contributed by atoms with Crippen molar-refractivity contribution in [3.63, 3.8) is 0 Å². The van der Waals surface area contributed by atoms with E-state index in [0.29, 0.717) is 22.2 Å².